The van der Waals surface area contributed by atoms with E-state index in [1.165, 1.54) is 24.3 Å². The van der Waals surface area contributed by atoms with Crippen LogP contribution in [0.5, 0.6) is 0 Å². The van der Waals surface area contributed by atoms with Crippen molar-refractivity contribution in [3.63, 3.8) is 0 Å². The van der Waals surface area contributed by atoms with Crippen molar-refractivity contribution in [3.05, 3.63) is 74.6 Å². The number of alkyl halides is 3. The van der Waals surface area contributed by atoms with Crippen molar-refractivity contribution in [2.75, 3.05) is 13.1 Å². The zero-order chi connectivity index (χ0) is 28.0. The summed E-state index contributed by atoms with van der Waals surface area (Å²) in [4.78, 5) is 36.5. The highest BCUT2D eigenvalue weighted by Crippen LogP contribution is 2.25. The Morgan fingerprint density at radius 3 is 2.26 bits per heavy atom. The summed E-state index contributed by atoms with van der Waals surface area (Å²) in [6.45, 7) is -1.95. The first-order valence-corrected chi connectivity index (χ1v) is 11.8. The molecule has 1 aromatic heterocycles. The van der Waals surface area contributed by atoms with Crippen LogP contribution < -0.4 is 16.3 Å². The Balaban J connectivity index is 1.83. The van der Waals surface area contributed by atoms with Crippen LogP contribution in [-0.2, 0) is 17.9 Å². The van der Waals surface area contributed by atoms with Crippen LogP contribution in [0, 0.1) is 0 Å². The number of amides is 2. The third-order valence-corrected chi connectivity index (χ3v) is 6.04. The predicted octanol–water partition coefficient (Wildman–Crippen LogP) is 3.11. The fraction of sp³-hybridized carbons (Fsp3) is 0.304. The van der Waals surface area contributed by atoms with Crippen molar-refractivity contribution in [2.24, 2.45) is 0 Å². The molecule has 0 saturated carbocycles. The van der Waals surface area contributed by atoms with E-state index in [9.17, 15) is 32.7 Å². The van der Waals surface area contributed by atoms with E-state index in [1.54, 1.807) is 24.3 Å². The largest absolute Gasteiger partial charge is 0.465 e. The number of aromatic nitrogens is 3. The first kappa shape index (κ1) is 29.0. The van der Waals surface area contributed by atoms with Crippen molar-refractivity contribution in [1.82, 2.24) is 25.0 Å². The Hall–Kier alpha value is -3.55. The molecule has 38 heavy (non-hydrogen) atoms. The number of carbonyl (C=O) groups is 2. The summed E-state index contributed by atoms with van der Waals surface area (Å²) in [7, 11) is 0. The highest BCUT2D eigenvalue weighted by atomic mass is 35.5. The molecule has 10 nitrogen and oxygen atoms in total. The van der Waals surface area contributed by atoms with E-state index < -0.39 is 49.0 Å². The van der Waals surface area contributed by atoms with Crippen LogP contribution in [-0.4, -0.2) is 61.9 Å². The molecule has 204 valence electrons. The molecule has 0 radical (unpaired) electrons. The smallest absolute Gasteiger partial charge is 0.416 e. The lowest BCUT2D eigenvalue weighted by atomic mass is 9.99. The normalized spacial score (nSPS) is 13.1. The van der Waals surface area contributed by atoms with E-state index >= 15 is 0 Å². The fourth-order valence-corrected chi connectivity index (χ4v) is 3.95. The number of rotatable bonds is 10. The van der Waals surface area contributed by atoms with Gasteiger partial charge in [0.25, 0.3) is 0 Å². The van der Waals surface area contributed by atoms with Crippen LogP contribution in [0.15, 0.2) is 53.3 Å². The summed E-state index contributed by atoms with van der Waals surface area (Å²) in [6, 6.07) is 12.4. The van der Waals surface area contributed by atoms with Gasteiger partial charge in [-0.1, -0.05) is 41.4 Å². The number of aliphatic hydroxyl groups excluding tert-OH is 1. The molecule has 2 atom stereocenters. The number of hydrogen-bond donors (Lipinski definition) is 4. The maximum Gasteiger partial charge on any atom is 0.416 e. The van der Waals surface area contributed by atoms with Gasteiger partial charge in [-0.05, 0) is 35.9 Å². The summed E-state index contributed by atoms with van der Waals surface area (Å²) < 4.78 is 40.3. The van der Waals surface area contributed by atoms with E-state index in [0.29, 0.717) is 24.9 Å². The van der Waals surface area contributed by atoms with E-state index in [2.05, 4.69) is 15.7 Å². The third kappa shape index (κ3) is 7.49. The highest BCUT2D eigenvalue weighted by Gasteiger charge is 2.39. The van der Waals surface area contributed by atoms with Gasteiger partial charge < -0.3 is 20.8 Å². The molecule has 0 aliphatic carbocycles. The van der Waals surface area contributed by atoms with Gasteiger partial charge in [-0.3, -0.25) is 9.36 Å². The lowest BCUT2D eigenvalue weighted by Crippen LogP contribution is -2.40. The molecule has 4 N–H and O–H groups in total. The number of nitrogens with one attached hydrogen (secondary N) is 2. The number of carbonyl (C=O) groups excluding carboxylic acids is 1. The SMILES string of the molecule is O=C(O)NCC(CNC(=O)Cn1nc(-c2ccc(Cl)cc2)n(C[C@H](O)C(F)(F)F)c1=O)c1ccccc1Cl. The maximum atomic E-state index is 13.0. The summed E-state index contributed by atoms with van der Waals surface area (Å²) >= 11 is 12.1. The number of carboxylic acid groups (broad SMARTS) is 1. The van der Waals surface area contributed by atoms with Gasteiger partial charge in [0.05, 0.1) is 6.54 Å². The molecule has 0 saturated heterocycles. The van der Waals surface area contributed by atoms with Crippen LogP contribution >= 0.6 is 23.2 Å². The second-order valence-corrected chi connectivity index (χ2v) is 8.99. The Bertz CT molecular complexity index is 1340. The Morgan fingerprint density at radius 2 is 1.66 bits per heavy atom. The minimum Gasteiger partial charge on any atom is -0.465 e. The molecule has 2 amide bonds. The van der Waals surface area contributed by atoms with Crippen LogP contribution in [0.2, 0.25) is 10.0 Å². The van der Waals surface area contributed by atoms with Gasteiger partial charge in [-0.25, -0.2) is 14.3 Å². The number of benzene rings is 2. The van der Waals surface area contributed by atoms with Gasteiger partial charge in [-0.2, -0.15) is 13.2 Å². The van der Waals surface area contributed by atoms with E-state index in [1.807, 2.05) is 0 Å². The molecular formula is C23H22Cl2F3N5O5. The van der Waals surface area contributed by atoms with Crippen molar-refractivity contribution < 1.29 is 33.0 Å². The van der Waals surface area contributed by atoms with Gasteiger partial charge >= 0.3 is 18.0 Å². The third-order valence-electron chi connectivity index (χ3n) is 5.44. The van der Waals surface area contributed by atoms with Crippen LogP contribution in [0.4, 0.5) is 18.0 Å². The fourth-order valence-electron chi connectivity index (χ4n) is 3.54. The number of nitrogens with zero attached hydrogens (tertiary/aromatic N) is 3. The predicted molar refractivity (Wildman–Crippen MR) is 132 cm³/mol. The van der Waals surface area contributed by atoms with Gasteiger partial charge in [0, 0.05) is 34.6 Å². The topological polar surface area (TPSA) is 138 Å². The van der Waals surface area contributed by atoms with E-state index in [4.69, 9.17) is 28.3 Å². The van der Waals surface area contributed by atoms with E-state index in [-0.39, 0.29) is 24.5 Å². The first-order valence-electron chi connectivity index (χ1n) is 11.0. The Kier molecular flexibility index (Phi) is 9.41. The summed E-state index contributed by atoms with van der Waals surface area (Å²) in [5, 5.41) is 28.0. The molecule has 15 heteroatoms. The van der Waals surface area contributed by atoms with Crippen LogP contribution in [0.25, 0.3) is 11.4 Å². The summed E-state index contributed by atoms with van der Waals surface area (Å²) in [6.07, 6.45) is -9.12. The standard InChI is InChI=1S/C23H22Cl2F3N5O5/c24-15-7-5-13(6-8-15)20-31-33(22(38)32(20)11-18(34)23(26,27)28)12-19(35)29-9-14(10-30-21(36)37)16-3-1-2-4-17(16)25/h1-8,14,18,30,34H,9-12H2,(H,29,35)(H,36,37)/t14?,18-/m0/s1. The monoisotopic (exact) mass is 575 g/mol. The second-order valence-electron chi connectivity index (χ2n) is 8.15. The number of aliphatic hydroxyl groups is 1. The average molecular weight is 576 g/mol. The number of halogens is 5. The van der Waals surface area contributed by atoms with Gasteiger partial charge in [0.15, 0.2) is 11.9 Å². The minimum absolute atomic E-state index is 0.0743. The van der Waals surface area contributed by atoms with Crippen molar-refractivity contribution in [3.8, 4) is 11.4 Å². The zero-order valence-electron chi connectivity index (χ0n) is 19.5. The molecule has 0 bridgehead atoms. The van der Waals surface area contributed by atoms with Gasteiger partial charge in [0.1, 0.15) is 6.54 Å². The molecular weight excluding hydrogens is 554 g/mol. The minimum atomic E-state index is -4.99. The van der Waals surface area contributed by atoms with Crippen LogP contribution in [0.3, 0.4) is 0 Å². The van der Waals surface area contributed by atoms with Crippen LogP contribution in [0.1, 0.15) is 11.5 Å². The average Bonchev–Trinajstić information content (AvgIpc) is 3.14. The summed E-state index contributed by atoms with van der Waals surface area (Å²) in [5.74, 6) is -1.49. The number of hydrogen-bond acceptors (Lipinski definition) is 5. The first-order chi connectivity index (χ1) is 17.9. The quantitative estimate of drug-likeness (QED) is 0.293. The molecule has 3 rings (SSSR count). The molecule has 2 aromatic carbocycles. The van der Waals surface area contributed by atoms with Crippen molar-refractivity contribution in [1.29, 1.82) is 0 Å². The molecule has 1 heterocycles. The Labute approximate surface area is 223 Å². The summed E-state index contributed by atoms with van der Waals surface area (Å²) in [5.41, 5.74) is -0.252. The molecule has 0 aliphatic heterocycles. The Morgan fingerprint density at radius 1 is 1.03 bits per heavy atom. The second kappa shape index (κ2) is 12.3. The molecule has 3 aromatic rings. The van der Waals surface area contributed by atoms with Crippen molar-refractivity contribution >= 4 is 35.2 Å². The van der Waals surface area contributed by atoms with Gasteiger partial charge in [0.2, 0.25) is 5.91 Å². The highest BCUT2D eigenvalue weighted by molar-refractivity contribution is 6.31. The van der Waals surface area contributed by atoms with Crippen molar-refractivity contribution in [2.45, 2.75) is 31.3 Å². The molecule has 0 fully saturated rings. The molecule has 0 aliphatic rings. The lowest BCUT2D eigenvalue weighted by molar-refractivity contribution is -0.207. The zero-order valence-corrected chi connectivity index (χ0v) is 21.0. The maximum absolute atomic E-state index is 13.0. The van der Waals surface area contributed by atoms with E-state index in [0.717, 1.165) is 0 Å². The van der Waals surface area contributed by atoms with Gasteiger partial charge in [-0.15, -0.1) is 5.10 Å². The lowest BCUT2D eigenvalue weighted by Gasteiger charge is -2.19. The molecule has 1 unspecified atom stereocenters. The molecule has 0 spiro atoms.